The second-order valence-corrected chi connectivity index (χ2v) is 17.7. The monoisotopic (exact) mass is 700 g/mol. The summed E-state index contributed by atoms with van der Waals surface area (Å²) in [6.45, 7) is 18.8. The summed E-state index contributed by atoms with van der Waals surface area (Å²) < 4.78 is 0. The molecule has 8 aromatic rings. The maximum atomic E-state index is 4.97. The topological polar surface area (TPSA) is 16.1 Å². The van der Waals surface area contributed by atoms with E-state index in [2.05, 4.69) is 194 Å². The van der Waals surface area contributed by atoms with Gasteiger partial charge in [0.05, 0.1) is 5.52 Å². The molecule has 0 amide bonds. The number of rotatable bonds is 4. The van der Waals surface area contributed by atoms with E-state index >= 15 is 0 Å². The number of benzene rings is 7. The van der Waals surface area contributed by atoms with Crippen LogP contribution in [0.1, 0.15) is 77.6 Å². The predicted octanol–water partition coefficient (Wildman–Crippen LogP) is 14.6. The van der Waals surface area contributed by atoms with Gasteiger partial charge >= 0.3 is 0 Å². The Hall–Kier alpha value is -5.73. The van der Waals surface area contributed by atoms with Gasteiger partial charge in [-0.2, -0.15) is 0 Å². The Morgan fingerprint density at radius 2 is 1.11 bits per heavy atom. The summed E-state index contributed by atoms with van der Waals surface area (Å²) in [5, 5.41) is 6.41. The number of pyridine rings is 1. The molecule has 1 heterocycles. The Labute approximate surface area is 320 Å². The summed E-state index contributed by atoms with van der Waals surface area (Å²) in [7, 11) is 0. The van der Waals surface area contributed by atoms with E-state index in [1.165, 1.54) is 71.4 Å². The summed E-state index contributed by atoms with van der Waals surface area (Å²) in [5.74, 6) is 0. The van der Waals surface area contributed by atoms with Gasteiger partial charge in [-0.05, 0) is 120 Å². The van der Waals surface area contributed by atoms with Crippen LogP contribution < -0.4 is 4.90 Å². The van der Waals surface area contributed by atoms with Crippen LogP contribution in [0.3, 0.4) is 0 Å². The third kappa shape index (κ3) is 5.34. The second kappa shape index (κ2) is 12.1. The van der Waals surface area contributed by atoms with Gasteiger partial charge in [-0.25, -0.2) is 0 Å². The van der Waals surface area contributed by atoms with E-state index in [0.29, 0.717) is 0 Å². The fourth-order valence-corrected chi connectivity index (χ4v) is 9.28. The van der Waals surface area contributed by atoms with Crippen molar-refractivity contribution >= 4 is 49.5 Å². The highest BCUT2D eigenvalue weighted by molar-refractivity contribution is 6.17. The highest BCUT2D eigenvalue weighted by atomic mass is 15.1. The molecule has 0 aliphatic heterocycles. The van der Waals surface area contributed by atoms with Crippen molar-refractivity contribution in [3.8, 4) is 22.3 Å². The molecule has 0 unspecified atom stereocenters. The van der Waals surface area contributed by atoms with E-state index in [-0.39, 0.29) is 16.2 Å². The Morgan fingerprint density at radius 3 is 1.85 bits per heavy atom. The molecule has 0 bridgehead atoms. The minimum Gasteiger partial charge on any atom is -0.310 e. The molecule has 266 valence electrons. The fourth-order valence-electron chi connectivity index (χ4n) is 9.28. The van der Waals surface area contributed by atoms with Gasteiger partial charge in [0.1, 0.15) is 0 Å². The van der Waals surface area contributed by atoms with Crippen LogP contribution >= 0.6 is 0 Å². The summed E-state index contributed by atoms with van der Waals surface area (Å²) in [6, 6.07) is 51.7. The van der Waals surface area contributed by atoms with Crippen LogP contribution in [0.25, 0.3) is 54.7 Å². The minimum atomic E-state index is -0.0850. The van der Waals surface area contributed by atoms with Crippen molar-refractivity contribution in [3.05, 3.63) is 168 Å². The van der Waals surface area contributed by atoms with E-state index in [9.17, 15) is 0 Å². The molecule has 2 heteroatoms. The first-order valence-corrected chi connectivity index (χ1v) is 19.3. The van der Waals surface area contributed by atoms with Gasteiger partial charge in [0.2, 0.25) is 0 Å². The molecule has 0 radical (unpaired) electrons. The quantitative estimate of drug-likeness (QED) is 0.134. The van der Waals surface area contributed by atoms with Crippen LogP contribution in [0.4, 0.5) is 17.1 Å². The van der Waals surface area contributed by atoms with Gasteiger partial charge in [0, 0.05) is 39.4 Å². The highest BCUT2D eigenvalue weighted by Crippen LogP contribution is 2.51. The number of fused-ring (bicyclic) bond motifs is 7. The zero-order valence-electron chi connectivity index (χ0n) is 32.8. The SMILES string of the molecule is CC(C)(C)c1c2cc(-c3ccc(N(c4ccccc4)c4ccc5c(c4)C(C)(C)c4ccccc4-5)cc3)ccc2c(C(C)(C)C)c2c1ccc1cccnc12. The molecule has 0 saturated heterocycles. The van der Waals surface area contributed by atoms with E-state index in [0.717, 1.165) is 22.6 Å². The molecule has 0 atom stereocenters. The molecule has 0 saturated carbocycles. The lowest BCUT2D eigenvalue weighted by Crippen LogP contribution is -2.18. The van der Waals surface area contributed by atoms with Crippen molar-refractivity contribution < 1.29 is 0 Å². The van der Waals surface area contributed by atoms with Crippen molar-refractivity contribution in [1.82, 2.24) is 4.98 Å². The van der Waals surface area contributed by atoms with E-state index in [4.69, 9.17) is 4.98 Å². The van der Waals surface area contributed by atoms with Crippen molar-refractivity contribution in [3.63, 3.8) is 0 Å². The maximum absolute atomic E-state index is 4.97. The average molecular weight is 701 g/mol. The molecule has 1 aliphatic carbocycles. The smallest absolute Gasteiger partial charge is 0.0783 e. The van der Waals surface area contributed by atoms with Crippen LogP contribution in [0.15, 0.2) is 146 Å². The molecule has 7 aromatic carbocycles. The van der Waals surface area contributed by atoms with Gasteiger partial charge in [-0.1, -0.05) is 146 Å². The third-order valence-corrected chi connectivity index (χ3v) is 11.7. The third-order valence-electron chi connectivity index (χ3n) is 11.7. The minimum absolute atomic E-state index is 0.0715. The lowest BCUT2D eigenvalue weighted by molar-refractivity contribution is 0.593. The fraction of sp³-hybridized carbons (Fsp3) is 0.212. The van der Waals surface area contributed by atoms with E-state index in [1.54, 1.807) is 0 Å². The van der Waals surface area contributed by atoms with Crippen LogP contribution in [0.5, 0.6) is 0 Å². The molecular weight excluding hydrogens is 653 g/mol. The largest absolute Gasteiger partial charge is 0.310 e. The van der Waals surface area contributed by atoms with Gasteiger partial charge < -0.3 is 4.90 Å². The van der Waals surface area contributed by atoms with Gasteiger partial charge in [-0.3, -0.25) is 4.98 Å². The zero-order chi connectivity index (χ0) is 37.6. The summed E-state index contributed by atoms with van der Waals surface area (Å²) in [6.07, 6.45) is 1.94. The zero-order valence-corrected chi connectivity index (χ0v) is 32.8. The first-order chi connectivity index (χ1) is 25.8. The number of anilines is 3. The summed E-state index contributed by atoms with van der Waals surface area (Å²) >= 11 is 0. The van der Waals surface area contributed by atoms with E-state index < -0.39 is 0 Å². The Morgan fingerprint density at radius 1 is 0.481 bits per heavy atom. The second-order valence-electron chi connectivity index (χ2n) is 17.7. The predicted molar refractivity (Wildman–Crippen MR) is 232 cm³/mol. The molecule has 1 aliphatic rings. The molecule has 1 aromatic heterocycles. The molecular formula is C52H48N2. The molecule has 9 rings (SSSR count). The lowest BCUT2D eigenvalue weighted by Gasteiger charge is -2.31. The Kier molecular flexibility index (Phi) is 7.66. The number of hydrogen-bond acceptors (Lipinski definition) is 2. The Balaban J connectivity index is 1.19. The van der Waals surface area contributed by atoms with Gasteiger partial charge in [-0.15, -0.1) is 0 Å². The number of para-hydroxylation sites is 1. The molecule has 2 nitrogen and oxygen atoms in total. The lowest BCUT2D eigenvalue weighted by atomic mass is 9.73. The van der Waals surface area contributed by atoms with Crippen LogP contribution in [0, 0.1) is 0 Å². The van der Waals surface area contributed by atoms with E-state index in [1.807, 2.05) is 12.3 Å². The van der Waals surface area contributed by atoms with Crippen molar-refractivity contribution in [2.24, 2.45) is 0 Å². The van der Waals surface area contributed by atoms with Crippen molar-refractivity contribution in [2.45, 2.75) is 71.6 Å². The van der Waals surface area contributed by atoms with Gasteiger partial charge in [0.15, 0.2) is 0 Å². The summed E-state index contributed by atoms with van der Waals surface area (Å²) in [5.41, 5.74) is 14.9. The number of nitrogens with zero attached hydrogens (tertiary/aromatic N) is 2. The van der Waals surface area contributed by atoms with Crippen LogP contribution in [-0.2, 0) is 16.2 Å². The first-order valence-electron chi connectivity index (χ1n) is 19.3. The van der Waals surface area contributed by atoms with Crippen molar-refractivity contribution in [1.29, 1.82) is 0 Å². The molecule has 0 spiro atoms. The number of hydrogen-bond donors (Lipinski definition) is 0. The number of aromatic nitrogens is 1. The van der Waals surface area contributed by atoms with Crippen LogP contribution in [-0.4, -0.2) is 4.98 Å². The normalized spacial score (nSPS) is 13.7. The standard InChI is InChI=1S/C52H48N2/c1-50(2,3)47-42-28-22-34-15-14-30-53-49(34)46(42)48(51(4,5)6)41-27-23-35(31-43(41)47)33-20-24-37(25-21-33)54(36-16-10-9-11-17-36)38-26-29-40-39-18-12-13-19-44(39)52(7,8)45(40)32-38/h9-32H,1-8H3. The highest BCUT2D eigenvalue weighted by Gasteiger charge is 2.36. The maximum Gasteiger partial charge on any atom is 0.0783 e. The van der Waals surface area contributed by atoms with Gasteiger partial charge in [0.25, 0.3) is 0 Å². The molecule has 54 heavy (non-hydrogen) atoms. The summed E-state index contributed by atoms with van der Waals surface area (Å²) in [4.78, 5) is 7.36. The molecule has 0 fully saturated rings. The first kappa shape index (κ1) is 34.1. The van der Waals surface area contributed by atoms with Crippen molar-refractivity contribution in [2.75, 3.05) is 4.90 Å². The average Bonchev–Trinajstić information content (AvgIpc) is 3.39. The molecule has 0 N–H and O–H groups in total. The Bertz CT molecular complexity index is 2740. The van der Waals surface area contributed by atoms with Crippen LogP contribution in [0.2, 0.25) is 0 Å².